The van der Waals surface area contributed by atoms with E-state index in [0.29, 0.717) is 5.92 Å². The lowest BCUT2D eigenvalue weighted by atomic mass is 9.91. The number of benzene rings is 2. The van der Waals surface area contributed by atoms with E-state index in [0.717, 1.165) is 31.6 Å². The van der Waals surface area contributed by atoms with Crippen molar-refractivity contribution < 1.29 is 4.39 Å². The summed E-state index contributed by atoms with van der Waals surface area (Å²) >= 11 is 0. The molecule has 2 heteroatoms. The van der Waals surface area contributed by atoms with Crippen LogP contribution >= 0.6 is 0 Å². The van der Waals surface area contributed by atoms with Crippen LogP contribution in [0.25, 0.3) is 6.08 Å². The maximum atomic E-state index is 13.0. The third-order valence-corrected chi connectivity index (χ3v) is 4.35. The molecular formula is C20H22FN. The first-order valence-electron chi connectivity index (χ1n) is 7.93. The quantitative estimate of drug-likeness (QED) is 0.789. The van der Waals surface area contributed by atoms with E-state index < -0.39 is 0 Å². The number of hydrogen-bond acceptors (Lipinski definition) is 1. The van der Waals surface area contributed by atoms with E-state index in [1.807, 2.05) is 12.1 Å². The Morgan fingerprint density at radius 1 is 1.09 bits per heavy atom. The van der Waals surface area contributed by atoms with E-state index in [-0.39, 0.29) is 5.82 Å². The smallest absolute Gasteiger partial charge is 0.123 e. The largest absolute Gasteiger partial charge is 0.298 e. The SMILES string of the molecule is CC1CN(Cc2ccccc2)CC/C1=C/c1ccc(F)cc1. The van der Waals surface area contributed by atoms with Crippen LogP contribution in [-0.4, -0.2) is 18.0 Å². The number of likely N-dealkylation sites (tertiary alicyclic amines) is 1. The first-order chi connectivity index (χ1) is 10.7. The van der Waals surface area contributed by atoms with Gasteiger partial charge >= 0.3 is 0 Å². The van der Waals surface area contributed by atoms with Crippen molar-refractivity contribution in [1.29, 1.82) is 0 Å². The highest BCUT2D eigenvalue weighted by molar-refractivity contribution is 5.53. The Bertz CT molecular complexity index is 631. The maximum Gasteiger partial charge on any atom is 0.123 e. The normalized spacial score (nSPS) is 21.2. The highest BCUT2D eigenvalue weighted by Crippen LogP contribution is 2.26. The summed E-state index contributed by atoms with van der Waals surface area (Å²) in [6.07, 6.45) is 3.31. The molecule has 2 aromatic rings. The van der Waals surface area contributed by atoms with Crippen molar-refractivity contribution in [3.63, 3.8) is 0 Å². The predicted molar refractivity (Wildman–Crippen MR) is 89.9 cm³/mol. The van der Waals surface area contributed by atoms with Gasteiger partial charge in [-0.3, -0.25) is 4.90 Å². The summed E-state index contributed by atoms with van der Waals surface area (Å²) in [6.45, 7) is 5.48. The lowest BCUT2D eigenvalue weighted by Gasteiger charge is -2.33. The molecule has 1 unspecified atom stereocenters. The minimum absolute atomic E-state index is 0.173. The molecule has 0 bridgehead atoms. The fourth-order valence-corrected chi connectivity index (χ4v) is 3.10. The van der Waals surface area contributed by atoms with Gasteiger partial charge in [0.1, 0.15) is 5.82 Å². The van der Waals surface area contributed by atoms with Gasteiger partial charge in [-0.25, -0.2) is 4.39 Å². The molecule has 3 rings (SSSR count). The topological polar surface area (TPSA) is 3.24 Å². The van der Waals surface area contributed by atoms with Gasteiger partial charge in [-0.05, 0) is 35.6 Å². The van der Waals surface area contributed by atoms with Crippen LogP contribution in [0.3, 0.4) is 0 Å². The third kappa shape index (κ3) is 3.83. The first-order valence-corrected chi connectivity index (χ1v) is 7.93. The van der Waals surface area contributed by atoms with Crippen molar-refractivity contribution in [3.05, 3.63) is 77.1 Å². The molecular weight excluding hydrogens is 273 g/mol. The summed E-state index contributed by atoms with van der Waals surface area (Å²) in [4.78, 5) is 2.52. The minimum atomic E-state index is -0.173. The summed E-state index contributed by atoms with van der Waals surface area (Å²) in [5.74, 6) is 0.371. The molecule has 1 nitrogen and oxygen atoms in total. The van der Waals surface area contributed by atoms with Gasteiger partial charge in [0.25, 0.3) is 0 Å². The number of rotatable bonds is 3. The van der Waals surface area contributed by atoms with E-state index in [1.54, 1.807) is 0 Å². The summed E-state index contributed by atoms with van der Waals surface area (Å²) in [7, 11) is 0. The molecule has 1 aliphatic rings. The van der Waals surface area contributed by atoms with Crippen LogP contribution in [0.2, 0.25) is 0 Å². The van der Waals surface area contributed by atoms with Crippen molar-refractivity contribution in [2.75, 3.05) is 13.1 Å². The standard InChI is InChI=1S/C20H22FN/c1-16-14-22(15-18-5-3-2-4-6-18)12-11-19(16)13-17-7-9-20(21)10-8-17/h2-10,13,16H,11-12,14-15H2,1H3/b19-13-. The van der Waals surface area contributed by atoms with Gasteiger partial charge in [0.15, 0.2) is 0 Å². The van der Waals surface area contributed by atoms with Gasteiger partial charge in [0.05, 0.1) is 0 Å². The maximum absolute atomic E-state index is 13.0. The van der Waals surface area contributed by atoms with Crippen LogP contribution in [0.1, 0.15) is 24.5 Å². The first kappa shape index (κ1) is 15.0. The molecule has 1 heterocycles. The highest BCUT2D eigenvalue weighted by Gasteiger charge is 2.20. The molecule has 2 aromatic carbocycles. The van der Waals surface area contributed by atoms with Crippen LogP contribution < -0.4 is 0 Å². The molecule has 1 saturated heterocycles. The Balaban J connectivity index is 1.63. The van der Waals surface area contributed by atoms with Crippen LogP contribution in [0.4, 0.5) is 4.39 Å². The Morgan fingerprint density at radius 3 is 2.50 bits per heavy atom. The number of piperidine rings is 1. The molecule has 0 aromatic heterocycles. The second-order valence-electron chi connectivity index (χ2n) is 6.14. The van der Waals surface area contributed by atoms with Gasteiger partial charge in [0.2, 0.25) is 0 Å². The van der Waals surface area contributed by atoms with Crippen LogP contribution in [0.15, 0.2) is 60.2 Å². The van der Waals surface area contributed by atoms with Gasteiger partial charge in [0, 0.05) is 19.6 Å². The monoisotopic (exact) mass is 295 g/mol. The lowest BCUT2D eigenvalue weighted by Crippen LogP contribution is -2.35. The van der Waals surface area contributed by atoms with Gasteiger partial charge in [-0.15, -0.1) is 0 Å². The van der Waals surface area contributed by atoms with Crippen molar-refractivity contribution in [2.24, 2.45) is 5.92 Å². The zero-order chi connectivity index (χ0) is 15.4. The Hall–Kier alpha value is -1.93. The molecule has 1 aliphatic heterocycles. The van der Waals surface area contributed by atoms with Gasteiger partial charge in [-0.2, -0.15) is 0 Å². The Labute approximate surface area is 132 Å². The molecule has 0 spiro atoms. The van der Waals surface area contributed by atoms with Crippen molar-refractivity contribution in [2.45, 2.75) is 19.9 Å². The summed E-state index contributed by atoms with van der Waals surface area (Å²) in [6, 6.07) is 17.4. The van der Waals surface area contributed by atoms with Crippen LogP contribution in [-0.2, 0) is 6.54 Å². The Kier molecular flexibility index (Phi) is 4.69. The van der Waals surface area contributed by atoms with E-state index in [1.165, 1.54) is 23.3 Å². The van der Waals surface area contributed by atoms with Gasteiger partial charge in [-0.1, -0.05) is 61.0 Å². The van der Waals surface area contributed by atoms with Crippen molar-refractivity contribution >= 4 is 6.08 Å². The molecule has 114 valence electrons. The van der Waals surface area contributed by atoms with Crippen molar-refractivity contribution in [3.8, 4) is 0 Å². The molecule has 0 aliphatic carbocycles. The number of hydrogen-bond donors (Lipinski definition) is 0. The van der Waals surface area contributed by atoms with Gasteiger partial charge < -0.3 is 0 Å². The zero-order valence-corrected chi connectivity index (χ0v) is 13.0. The molecule has 1 fully saturated rings. The third-order valence-electron chi connectivity index (χ3n) is 4.35. The van der Waals surface area contributed by atoms with E-state index in [9.17, 15) is 4.39 Å². The van der Waals surface area contributed by atoms with Crippen LogP contribution in [0.5, 0.6) is 0 Å². The van der Waals surface area contributed by atoms with E-state index >= 15 is 0 Å². The molecule has 22 heavy (non-hydrogen) atoms. The molecule has 0 radical (unpaired) electrons. The summed E-state index contributed by atoms with van der Waals surface area (Å²) < 4.78 is 13.0. The second-order valence-corrected chi connectivity index (χ2v) is 6.14. The number of halogens is 1. The van der Waals surface area contributed by atoms with Crippen molar-refractivity contribution in [1.82, 2.24) is 4.90 Å². The average Bonchev–Trinajstić information content (AvgIpc) is 2.53. The van der Waals surface area contributed by atoms with E-state index in [4.69, 9.17) is 0 Å². The lowest BCUT2D eigenvalue weighted by molar-refractivity contribution is 0.214. The fourth-order valence-electron chi connectivity index (χ4n) is 3.10. The average molecular weight is 295 g/mol. The molecule has 0 amide bonds. The second kappa shape index (κ2) is 6.89. The highest BCUT2D eigenvalue weighted by atomic mass is 19.1. The molecule has 0 saturated carbocycles. The van der Waals surface area contributed by atoms with Crippen LogP contribution in [0, 0.1) is 11.7 Å². The zero-order valence-electron chi connectivity index (χ0n) is 13.0. The molecule has 1 atom stereocenters. The Morgan fingerprint density at radius 2 is 1.82 bits per heavy atom. The summed E-state index contributed by atoms with van der Waals surface area (Å²) in [5.41, 5.74) is 3.94. The predicted octanol–water partition coefficient (Wildman–Crippen LogP) is 4.75. The minimum Gasteiger partial charge on any atom is -0.298 e. The number of nitrogens with zero attached hydrogens (tertiary/aromatic N) is 1. The fraction of sp³-hybridized carbons (Fsp3) is 0.300. The van der Waals surface area contributed by atoms with E-state index in [2.05, 4.69) is 48.2 Å². The molecule has 0 N–H and O–H groups in total. The summed E-state index contributed by atoms with van der Waals surface area (Å²) in [5, 5.41) is 0.